The summed E-state index contributed by atoms with van der Waals surface area (Å²) in [4.78, 5) is 0. The maximum atomic E-state index is 5.74. The number of ether oxygens (including phenoxy) is 1. The van der Waals surface area contributed by atoms with Gasteiger partial charge in [0.1, 0.15) is 12.4 Å². The molecule has 1 aromatic carbocycles. The third kappa shape index (κ3) is 4.18. The van der Waals surface area contributed by atoms with E-state index in [4.69, 9.17) is 22.1 Å². The van der Waals surface area contributed by atoms with Crippen LogP contribution in [0.5, 0.6) is 5.75 Å². The fourth-order valence-electron chi connectivity index (χ4n) is 0.761. The van der Waals surface area contributed by atoms with E-state index in [1.54, 1.807) is 12.1 Å². The second kappa shape index (κ2) is 6.49. The number of nitrogens with two attached hydrogens (primary N) is 1. The number of rotatable bonds is 3. The topological polar surface area (TPSA) is 35.2 Å². The Kier molecular flexibility index (Phi) is 6.51. The molecular weight excluding hydrogens is 277 g/mol. The quantitative estimate of drug-likeness (QED) is 0.927. The van der Waals surface area contributed by atoms with Crippen molar-refractivity contribution in [3.8, 4) is 5.75 Å². The maximum absolute atomic E-state index is 5.74. The van der Waals surface area contributed by atoms with Gasteiger partial charge in [-0.1, -0.05) is 11.6 Å². The lowest BCUT2D eigenvalue weighted by molar-refractivity contribution is 0.326. The minimum absolute atomic E-state index is 0. The van der Waals surface area contributed by atoms with Crippen LogP contribution < -0.4 is 10.5 Å². The van der Waals surface area contributed by atoms with E-state index >= 15 is 0 Å². The standard InChI is InChI=1S/C8H9BrClNO.ClH/c9-7-5-6(10)1-2-8(7)12-4-3-11;/h1-2,5H,3-4,11H2;1H. The molecule has 0 aliphatic rings. The van der Waals surface area contributed by atoms with E-state index in [0.29, 0.717) is 18.2 Å². The van der Waals surface area contributed by atoms with Gasteiger partial charge in [-0.25, -0.2) is 0 Å². The van der Waals surface area contributed by atoms with Gasteiger partial charge in [-0.15, -0.1) is 12.4 Å². The predicted molar refractivity (Wildman–Crippen MR) is 60.9 cm³/mol. The highest BCUT2D eigenvalue weighted by molar-refractivity contribution is 9.10. The zero-order chi connectivity index (χ0) is 8.97. The van der Waals surface area contributed by atoms with E-state index in [0.717, 1.165) is 10.2 Å². The summed E-state index contributed by atoms with van der Waals surface area (Å²) in [5, 5.41) is 0.682. The lowest BCUT2D eigenvalue weighted by atomic mass is 10.3. The average Bonchev–Trinajstić information content (AvgIpc) is 2.03. The Morgan fingerprint density at radius 1 is 1.46 bits per heavy atom. The Labute approximate surface area is 96.9 Å². The van der Waals surface area contributed by atoms with Crippen LogP contribution in [0.15, 0.2) is 22.7 Å². The molecule has 13 heavy (non-hydrogen) atoms. The van der Waals surface area contributed by atoms with Crippen LogP contribution in [0.3, 0.4) is 0 Å². The van der Waals surface area contributed by atoms with Crippen molar-refractivity contribution in [3.63, 3.8) is 0 Å². The predicted octanol–water partition coefficient (Wildman–Crippen LogP) is 2.86. The Balaban J connectivity index is 0.00000144. The van der Waals surface area contributed by atoms with Gasteiger partial charge in [0.2, 0.25) is 0 Å². The van der Waals surface area contributed by atoms with E-state index < -0.39 is 0 Å². The molecule has 0 fully saturated rings. The van der Waals surface area contributed by atoms with Gasteiger partial charge in [0.25, 0.3) is 0 Å². The fourth-order valence-corrected chi connectivity index (χ4v) is 1.56. The van der Waals surface area contributed by atoms with E-state index in [1.165, 1.54) is 0 Å². The molecule has 0 amide bonds. The minimum Gasteiger partial charge on any atom is -0.491 e. The Morgan fingerprint density at radius 2 is 2.15 bits per heavy atom. The zero-order valence-corrected chi connectivity index (χ0v) is 9.95. The van der Waals surface area contributed by atoms with Gasteiger partial charge in [0.15, 0.2) is 0 Å². The summed E-state index contributed by atoms with van der Waals surface area (Å²) < 4.78 is 6.16. The molecule has 2 N–H and O–H groups in total. The molecule has 0 aliphatic carbocycles. The Bertz CT molecular complexity index is 270. The summed E-state index contributed by atoms with van der Waals surface area (Å²) in [6.07, 6.45) is 0. The van der Waals surface area contributed by atoms with Crippen molar-refractivity contribution in [2.75, 3.05) is 13.2 Å². The Morgan fingerprint density at radius 3 is 2.69 bits per heavy atom. The summed E-state index contributed by atoms with van der Waals surface area (Å²) in [6.45, 7) is 1.02. The molecule has 0 aromatic heterocycles. The first kappa shape index (κ1) is 13.0. The number of hydrogen-bond donors (Lipinski definition) is 1. The van der Waals surface area contributed by atoms with Crippen LogP contribution in [0.4, 0.5) is 0 Å². The second-order valence-electron chi connectivity index (χ2n) is 2.21. The van der Waals surface area contributed by atoms with Gasteiger partial charge in [0.05, 0.1) is 4.47 Å². The first-order chi connectivity index (χ1) is 5.74. The van der Waals surface area contributed by atoms with Crippen molar-refractivity contribution in [2.45, 2.75) is 0 Å². The van der Waals surface area contributed by atoms with Gasteiger partial charge in [-0.3, -0.25) is 0 Å². The molecule has 0 spiro atoms. The van der Waals surface area contributed by atoms with Gasteiger partial charge in [-0.05, 0) is 34.1 Å². The highest BCUT2D eigenvalue weighted by Crippen LogP contribution is 2.27. The molecule has 0 unspecified atom stereocenters. The molecule has 74 valence electrons. The highest BCUT2D eigenvalue weighted by Gasteiger charge is 2.00. The van der Waals surface area contributed by atoms with Crippen LogP contribution in [-0.4, -0.2) is 13.2 Å². The van der Waals surface area contributed by atoms with E-state index in [-0.39, 0.29) is 12.4 Å². The zero-order valence-electron chi connectivity index (χ0n) is 6.80. The maximum Gasteiger partial charge on any atom is 0.133 e. The van der Waals surface area contributed by atoms with Crippen LogP contribution in [0, 0.1) is 0 Å². The molecule has 0 saturated carbocycles. The molecule has 2 nitrogen and oxygen atoms in total. The normalized spacial score (nSPS) is 9.15. The smallest absolute Gasteiger partial charge is 0.133 e. The van der Waals surface area contributed by atoms with E-state index in [9.17, 15) is 0 Å². The van der Waals surface area contributed by atoms with E-state index in [1.807, 2.05) is 6.07 Å². The summed E-state index contributed by atoms with van der Waals surface area (Å²) in [5.74, 6) is 0.768. The largest absolute Gasteiger partial charge is 0.491 e. The summed E-state index contributed by atoms with van der Waals surface area (Å²) >= 11 is 9.07. The van der Waals surface area contributed by atoms with E-state index in [2.05, 4.69) is 15.9 Å². The summed E-state index contributed by atoms with van der Waals surface area (Å²) in [6, 6.07) is 5.37. The summed E-state index contributed by atoms with van der Waals surface area (Å²) in [7, 11) is 0. The molecular formula is C8H10BrCl2NO. The fraction of sp³-hybridized carbons (Fsp3) is 0.250. The molecule has 0 radical (unpaired) electrons. The lowest BCUT2D eigenvalue weighted by Gasteiger charge is -2.06. The van der Waals surface area contributed by atoms with Crippen LogP contribution in [0.1, 0.15) is 0 Å². The molecule has 0 aliphatic heterocycles. The van der Waals surface area contributed by atoms with Gasteiger partial charge in [-0.2, -0.15) is 0 Å². The van der Waals surface area contributed by atoms with Crippen molar-refractivity contribution in [3.05, 3.63) is 27.7 Å². The third-order valence-electron chi connectivity index (χ3n) is 1.27. The van der Waals surface area contributed by atoms with Crippen LogP contribution in [-0.2, 0) is 0 Å². The Hall–Kier alpha value is 0.0400. The van der Waals surface area contributed by atoms with Crippen molar-refractivity contribution in [1.29, 1.82) is 0 Å². The third-order valence-corrected chi connectivity index (χ3v) is 2.12. The molecule has 0 atom stereocenters. The molecule has 0 saturated heterocycles. The van der Waals surface area contributed by atoms with Crippen molar-refractivity contribution in [1.82, 2.24) is 0 Å². The van der Waals surface area contributed by atoms with Crippen molar-refractivity contribution >= 4 is 39.9 Å². The lowest BCUT2D eigenvalue weighted by Crippen LogP contribution is -2.10. The van der Waals surface area contributed by atoms with Crippen molar-refractivity contribution in [2.24, 2.45) is 5.73 Å². The first-order valence-electron chi connectivity index (χ1n) is 3.52. The highest BCUT2D eigenvalue weighted by atomic mass is 79.9. The number of benzene rings is 1. The average molecular weight is 287 g/mol. The van der Waals surface area contributed by atoms with Crippen LogP contribution in [0.25, 0.3) is 0 Å². The van der Waals surface area contributed by atoms with Gasteiger partial charge < -0.3 is 10.5 Å². The number of halogens is 3. The van der Waals surface area contributed by atoms with Crippen molar-refractivity contribution < 1.29 is 4.74 Å². The monoisotopic (exact) mass is 285 g/mol. The molecule has 0 heterocycles. The van der Waals surface area contributed by atoms with Gasteiger partial charge >= 0.3 is 0 Å². The van der Waals surface area contributed by atoms with Gasteiger partial charge in [0, 0.05) is 11.6 Å². The molecule has 0 bridgehead atoms. The van der Waals surface area contributed by atoms with Crippen LogP contribution in [0.2, 0.25) is 5.02 Å². The van der Waals surface area contributed by atoms with Crippen LogP contribution >= 0.6 is 39.9 Å². The molecule has 1 aromatic rings. The number of hydrogen-bond acceptors (Lipinski definition) is 2. The summed E-state index contributed by atoms with van der Waals surface area (Å²) in [5.41, 5.74) is 5.29. The first-order valence-corrected chi connectivity index (χ1v) is 4.69. The molecule has 1 rings (SSSR count). The minimum atomic E-state index is 0. The second-order valence-corrected chi connectivity index (χ2v) is 3.50. The molecule has 5 heteroatoms. The SMILES string of the molecule is Cl.NCCOc1ccc(Cl)cc1Br.